The summed E-state index contributed by atoms with van der Waals surface area (Å²) in [5.74, 6) is 1.46. The monoisotopic (exact) mass is 331 g/mol. The third-order valence-electron chi connectivity index (χ3n) is 5.37. The van der Waals surface area contributed by atoms with Crippen molar-refractivity contribution >= 4 is 28.8 Å². The van der Waals surface area contributed by atoms with Gasteiger partial charge in [0.15, 0.2) is 0 Å². The zero-order valence-electron chi connectivity index (χ0n) is 13.4. The molecule has 2 aromatic carbocycles. The normalized spacial score (nSPS) is 23.2. The van der Waals surface area contributed by atoms with E-state index in [1.807, 2.05) is 13.1 Å². The molecule has 0 amide bonds. The van der Waals surface area contributed by atoms with Crippen LogP contribution in [0, 0.1) is 17.7 Å². The fraction of sp³-hybridized carbons (Fsp3) is 0.400. The Morgan fingerprint density at radius 3 is 2.70 bits per heavy atom. The van der Waals surface area contributed by atoms with Gasteiger partial charge in [0, 0.05) is 6.54 Å². The van der Waals surface area contributed by atoms with Crippen LogP contribution in [0.4, 0.5) is 4.39 Å². The molecule has 23 heavy (non-hydrogen) atoms. The van der Waals surface area contributed by atoms with Crippen molar-refractivity contribution in [3.63, 3.8) is 0 Å². The van der Waals surface area contributed by atoms with E-state index < -0.39 is 0 Å². The summed E-state index contributed by atoms with van der Waals surface area (Å²) in [5.41, 5.74) is 4.49. The van der Waals surface area contributed by atoms with Crippen molar-refractivity contribution < 1.29 is 4.39 Å². The largest absolute Gasteiger partial charge is 0.316 e. The summed E-state index contributed by atoms with van der Waals surface area (Å²) in [4.78, 5) is 0. The van der Waals surface area contributed by atoms with Gasteiger partial charge in [-0.25, -0.2) is 4.39 Å². The summed E-state index contributed by atoms with van der Waals surface area (Å²) < 4.78 is 13.4. The van der Waals surface area contributed by atoms with Crippen molar-refractivity contribution in [1.82, 2.24) is 5.32 Å². The number of fused-ring (bicyclic) bond motifs is 3. The van der Waals surface area contributed by atoms with Crippen molar-refractivity contribution in [2.45, 2.75) is 25.7 Å². The molecule has 2 aromatic rings. The molecule has 2 atom stereocenters. The van der Waals surface area contributed by atoms with Crippen molar-refractivity contribution in [1.29, 1.82) is 0 Å². The molecule has 1 fully saturated rings. The third-order valence-corrected chi connectivity index (χ3v) is 5.37. The second-order valence-corrected chi connectivity index (χ2v) is 6.83. The van der Waals surface area contributed by atoms with Crippen LogP contribution in [0.15, 0.2) is 42.0 Å². The Morgan fingerprint density at radius 2 is 1.87 bits per heavy atom. The van der Waals surface area contributed by atoms with Crippen molar-refractivity contribution in [3.8, 4) is 0 Å². The maximum atomic E-state index is 13.4. The van der Waals surface area contributed by atoms with Crippen LogP contribution < -0.4 is 5.32 Å². The van der Waals surface area contributed by atoms with Crippen LogP contribution in [-0.4, -0.2) is 13.6 Å². The van der Waals surface area contributed by atoms with Crippen LogP contribution in [0.3, 0.4) is 0 Å². The highest BCUT2D eigenvalue weighted by molar-refractivity contribution is 5.87. The number of rotatable bonds is 3. The van der Waals surface area contributed by atoms with Gasteiger partial charge in [-0.15, -0.1) is 12.4 Å². The van der Waals surface area contributed by atoms with Gasteiger partial charge in [-0.1, -0.05) is 23.8 Å². The number of likely N-dealkylation sites (N-methyl/N-ethyl adjacent to an activating group) is 1. The molecule has 1 N–H and O–H groups in total. The minimum absolute atomic E-state index is 0. The summed E-state index contributed by atoms with van der Waals surface area (Å²) in [7, 11) is 2.03. The van der Waals surface area contributed by atoms with E-state index in [-0.39, 0.29) is 18.2 Å². The number of hydrogen-bond acceptors (Lipinski definition) is 1. The summed E-state index contributed by atoms with van der Waals surface area (Å²) in [6.45, 7) is 0.990. The molecule has 0 saturated heterocycles. The average Bonchev–Trinajstić information content (AvgIpc) is 2.89. The van der Waals surface area contributed by atoms with Gasteiger partial charge in [-0.05, 0) is 84.7 Å². The molecule has 2 bridgehead atoms. The lowest BCUT2D eigenvalue weighted by Crippen LogP contribution is -2.19. The maximum Gasteiger partial charge on any atom is 0.123 e. The van der Waals surface area contributed by atoms with Crippen LogP contribution in [0.1, 0.15) is 31.2 Å². The molecule has 3 heteroatoms. The third kappa shape index (κ3) is 3.02. The van der Waals surface area contributed by atoms with Crippen LogP contribution >= 0.6 is 12.4 Å². The number of nitrogens with one attached hydrogen (secondary N) is 1. The van der Waals surface area contributed by atoms with E-state index in [0.29, 0.717) is 0 Å². The number of halogens is 2. The van der Waals surface area contributed by atoms with E-state index in [1.165, 1.54) is 31.2 Å². The highest BCUT2D eigenvalue weighted by atomic mass is 35.5. The van der Waals surface area contributed by atoms with Gasteiger partial charge < -0.3 is 5.32 Å². The van der Waals surface area contributed by atoms with Gasteiger partial charge in [-0.3, -0.25) is 0 Å². The van der Waals surface area contributed by atoms with E-state index in [9.17, 15) is 4.39 Å². The van der Waals surface area contributed by atoms with Gasteiger partial charge in [0.05, 0.1) is 0 Å². The first kappa shape index (κ1) is 16.5. The van der Waals surface area contributed by atoms with Gasteiger partial charge in [0.2, 0.25) is 0 Å². The average molecular weight is 332 g/mol. The molecule has 1 saturated carbocycles. The summed E-state index contributed by atoms with van der Waals surface area (Å²) in [6.07, 6.45) is 5.30. The van der Waals surface area contributed by atoms with E-state index in [1.54, 1.807) is 23.3 Å². The topological polar surface area (TPSA) is 12.0 Å². The zero-order chi connectivity index (χ0) is 15.1. The van der Waals surface area contributed by atoms with Crippen molar-refractivity contribution in [3.05, 3.63) is 53.4 Å². The molecule has 4 rings (SSSR count). The number of allylic oxidation sites excluding steroid dienone is 1. The Hall–Kier alpha value is -1.38. The zero-order valence-corrected chi connectivity index (χ0v) is 14.3. The Kier molecular flexibility index (Phi) is 4.74. The Labute approximate surface area is 143 Å². The Balaban J connectivity index is 0.00000156. The van der Waals surface area contributed by atoms with Crippen molar-refractivity contribution in [2.24, 2.45) is 11.8 Å². The first-order valence-corrected chi connectivity index (χ1v) is 8.31. The molecule has 2 aliphatic carbocycles. The smallest absolute Gasteiger partial charge is 0.123 e. The maximum absolute atomic E-state index is 13.4. The van der Waals surface area contributed by atoms with E-state index in [4.69, 9.17) is 0 Å². The number of hydrogen-bond donors (Lipinski definition) is 1. The standard InChI is InChI=1S/C20H22FN.ClH/c1-22-12-18-9-13-2-3-16(8-13)20(18)17-5-4-15-11-19(21)7-6-14(15)10-17;/h4-7,10-11,13,16,22H,2-3,8-9,12H2,1H3;1H/t13-,16+;/m1./s1. The predicted octanol–water partition coefficient (Wildman–Crippen LogP) is 5.19. The molecule has 2 aliphatic rings. The second-order valence-electron chi connectivity index (χ2n) is 6.83. The summed E-state index contributed by atoms with van der Waals surface area (Å²) >= 11 is 0. The summed E-state index contributed by atoms with van der Waals surface area (Å²) in [5, 5.41) is 5.46. The molecular weight excluding hydrogens is 309 g/mol. The van der Waals surface area contributed by atoms with E-state index in [0.717, 1.165) is 29.2 Å². The minimum Gasteiger partial charge on any atom is -0.316 e. The van der Waals surface area contributed by atoms with Crippen molar-refractivity contribution in [2.75, 3.05) is 13.6 Å². The fourth-order valence-electron chi connectivity index (χ4n) is 4.47. The first-order chi connectivity index (χ1) is 10.7. The van der Waals surface area contributed by atoms with Gasteiger partial charge >= 0.3 is 0 Å². The lowest BCUT2D eigenvalue weighted by molar-refractivity contribution is 0.502. The highest BCUT2D eigenvalue weighted by Crippen LogP contribution is 2.49. The van der Waals surface area contributed by atoms with E-state index >= 15 is 0 Å². The van der Waals surface area contributed by atoms with Crippen LogP contribution in [-0.2, 0) is 0 Å². The van der Waals surface area contributed by atoms with Gasteiger partial charge in [0.25, 0.3) is 0 Å². The van der Waals surface area contributed by atoms with Crippen LogP contribution in [0.2, 0.25) is 0 Å². The molecule has 0 aromatic heterocycles. The molecule has 122 valence electrons. The molecule has 0 unspecified atom stereocenters. The lowest BCUT2D eigenvalue weighted by Gasteiger charge is -2.27. The van der Waals surface area contributed by atoms with Crippen LogP contribution in [0.25, 0.3) is 16.3 Å². The Bertz CT molecular complexity index is 752. The highest BCUT2D eigenvalue weighted by Gasteiger charge is 2.34. The predicted molar refractivity (Wildman–Crippen MR) is 97.4 cm³/mol. The molecule has 0 heterocycles. The molecule has 0 aliphatic heterocycles. The Morgan fingerprint density at radius 1 is 1.09 bits per heavy atom. The van der Waals surface area contributed by atoms with E-state index in [2.05, 4.69) is 23.5 Å². The van der Waals surface area contributed by atoms with Gasteiger partial charge in [-0.2, -0.15) is 0 Å². The number of benzene rings is 2. The quantitative estimate of drug-likeness (QED) is 0.815. The summed E-state index contributed by atoms with van der Waals surface area (Å²) in [6, 6.07) is 11.6. The fourth-order valence-corrected chi connectivity index (χ4v) is 4.47. The molecular formula is C20H23ClFN. The second kappa shape index (κ2) is 6.62. The molecule has 0 radical (unpaired) electrons. The molecule has 1 nitrogen and oxygen atoms in total. The molecule has 0 spiro atoms. The van der Waals surface area contributed by atoms with Gasteiger partial charge in [0.1, 0.15) is 5.82 Å². The SMILES string of the molecule is CNCC1=C(c2ccc3cc(F)ccc3c2)[C@H]2CC[C@@H](C1)C2.Cl. The lowest BCUT2D eigenvalue weighted by atomic mass is 9.79. The first-order valence-electron chi connectivity index (χ1n) is 8.31. The van der Waals surface area contributed by atoms with Crippen LogP contribution in [0.5, 0.6) is 0 Å². The minimum atomic E-state index is -0.161.